The number of carbonyl (C=O) groups excluding carboxylic acids is 4. The van der Waals surface area contributed by atoms with Gasteiger partial charge in [-0.25, -0.2) is 9.18 Å². The molecule has 1 saturated heterocycles. The van der Waals surface area contributed by atoms with Crippen LogP contribution in [-0.2, 0) is 19.1 Å². The Hall–Kier alpha value is -2.97. The molecule has 1 heterocycles. The summed E-state index contributed by atoms with van der Waals surface area (Å²) in [7, 11) is 0. The molecule has 0 radical (unpaired) electrons. The van der Waals surface area contributed by atoms with Gasteiger partial charge in [0, 0.05) is 5.69 Å². The number of urea groups is 1. The van der Waals surface area contributed by atoms with Crippen LogP contribution in [0.2, 0.25) is 0 Å². The van der Waals surface area contributed by atoms with Gasteiger partial charge in [-0.3, -0.25) is 19.3 Å². The van der Waals surface area contributed by atoms with Crippen molar-refractivity contribution < 1.29 is 28.3 Å². The number of anilines is 1. The maximum atomic E-state index is 13.4. The minimum absolute atomic E-state index is 0.224. The molecule has 1 atom stereocenters. The number of nitrogens with one attached hydrogen (secondary N) is 2. The molecule has 0 spiro atoms. The third kappa shape index (κ3) is 4.16. The van der Waals surface area contributed by atoms with Crippen molar-refractivity contribution in [2.45, 2.75) is 32.7 Å². The summed E-state index contributed by atoms with van der Waals surface area (Å²) in [5, 5.41) is 4.89. The molecular formula is C17H20FN3O5. The van der Waals surface area contributed by atoms with Gasteiger partial charge in [-0.1, -0.05) is 13.0 Å². The number of hydrogen-bond donors (Lipinski definition) is 2. The molecule has 1 fully saturated rings. The predicted octanol–water partition coefficient (Wildman–Crippen LogP) is 1.34. The van der Waals surface area contributed by atoms with Gasteiger partial charge in [0.25, 0.3) is 11.8 Å². The summed E-state index contributed by atoms with van der Waals surface area (Å²) in [5.74, 6) is -2.57. The van der Waals surface area contributed by atoms with E-state index in [4.69, 9.17) is 4.74 Å². The van der Waals surface area contributed by atoms with E-state index in [0.717, 1.165) is 11.0 Å². The molecule has 1 aromatic carbocycles. The van der Waals surface area contributed by atoms with Crippen LogP contribution in [0.25, 0.3) is 0 Å². The van der Waals surface area contributed by atoms with Crippen LogP contribution >= 0.6 is 0 Å². The number of amides is 4. The molecule has 1 aromatic rings. The van der Waals surface area contributed by atoms with Gasteiger partial charge in [0.2, 0.25) is 0 Å². The smallest absolute Gasteiger partial charge is 0.326 e. The lowest BCUT2D eigenvalue weighted by atomic mass is 9.99. The second-order valence-electron chi connectivity index (χ2n) is 6.18. The minimum Gasteiger partial charge on any atom is -0.454 e. The summed E-state index contributed by atoms with van der Waals surface area (Å²) in [4.78, 5) is 48.3. The fourth-order valence-electron chi connectivity index (χ4n) is 2.32. The van der Waals surface area contributed by atoms with E-state index in [1.54, 1.807) is 20.8 Å². The summed E-state index contributed by atoms with van der Waals surface area (Å²) in [5.41, 5.74) is -0.395. The molecule has 0 unspecified atom stereocenters. The van der Waals surface area contributed by atoms with Gasteiger partial charge in [-0.2, -0.15) is 0 Å². The van der Waals surface area contributed by atoms with Gasteiger partial charge >= 0.3 is 12.0 Å². The number of hydrogen-bond acceptors (Lipinski definition) is 5. The predicted molar refractivity (Wildman–Crippen MR) is 89.7 cm³/mol. The van der Waals surface area contributed by atoms with Crippen molar-refractivity contribution >= 4 is 29.5 Å². The van der Waals surface area contributed by atoms with Crippen molar-refractivity contribution in [3.05, 3.63) is 29.6 Å². The van der Waals surface area contributed by atoms with E-state index in [9.17, 15) is 23.6 Å². The summed E-state index contributed by atoms with van der Waals surface area (Å²) >= 11 is 0. The lowest BCUT2D eigenvalue weighted by Gasteiger charge is -2.18. The van der Waals surface area contributed by atoms with Crippen molar-refractivity contribution in [1.29, 1.82) is 0 Å². The molecule has 2 N–H and O–H groups in total. The Balaban J connectivity index is 1.85. The molecule has 9 heteroatoms. The molecule has 0 saturated carbocycles. The Morgan fingerprint density at radius 3 is 2.62 bits per heavy atom. The van der Waals surface area contributed by atoms with Crippen molar-refractivity contribution in [2.24, 2.45) is 0 Å². The van der Waals surface area contributed by atoms with Crippen LogP contribution in [0.1, 0.15) is 25.8 Å². The first-order chi connectivity index (χ1) is 12.2. The molecule has 140 valence electrons. The topological polar surface area (TPSA) is 105 Å². The molecule has 26 heavy (non-hydrogen) atoms. The van der Waals surface area contributed by atoms with E-state index >= 15 is 0 Å². The highest BCUT2D eigenvalue weighted by atomic mass is 19.1. The first-order valence-corrected chi connectivity index (χ1v) is 8.02. The van der Waals surface area contributed by atoms with Crippen LogP contribution in [0.4, 0.5) is 14.9 Å². The number of benzene rings is 1. The molecule has 2 rings (SSSR count). The third-order valence-electron chi connectivity index (χ3n) is 4.16. The fourth-order valence-corrected chi connectivity index (χ4v) is 2.32. The largest absolute Gasteiger partial charge is 0.454 e. The molecule has 0 bridgehead atoms. The van der Waals surface area contributed by atoms with Gasteiger partial charge in [-0.15, -0.1) is 0 Å². The zero-order chi connectivity index (χ0) is 19.5. The quantitative estimate of drug-likeness (QED) is 0.585. The number of ether oxygens (including phenoxy) is 1. The number of aryl methyl sites for hydroxylation is 1. The number of rotatable bonds is 6. The van der Waals surface area contributed by atoms with Crippen molar-refractivity contribution in [1.82, 2.24) is 10.2 Å². The Morgan fingerprint density at radius 2 is 2.04 bits per heavy atom. The van der Waals surface area contributed by atoms with Gasteiger partial charge < -0.3 is 15.4 Å². The molecule has 0 aliphatic carbocycles. The maximum Gasteiger partial charge on any atom is 0.326 e. The lowest BCUT2D eigenvalue weighted by Crippen LogP contribution is -2.43. The highest BCUT2D eigenvalue weighted by Gasteiger charge is 2.47. The normalized spacial score (nSPS) is 19.3. The van der Waals surface area contributed by atoms with Crippen LogP contribution in [0, 0.1) is 12.7 Å². The first kappa shape index (κ1) is 19.4. The van der Waals surface area contributed by atoms with E-state index in [1.807, 2.05) is 0 Å². The molecule has 4 amide bonds. The summed E-state index contributed by atoms with van der Waals surface area (Å²) in [6.07, 6.45) is 0.374. The SMILES string of the molecule is CC[C@@]1(C)NC(=O)N(CC(=O)OCC(=O)Nc2ccc(C)c(F)c2)C1=O. The Bertz CT molecular complexity index is 767. The van der Waals surface area contributed by atoms with E-state index in [1.165, 1.54) is 12.1 Å². The van der Waals surface area contributed by atoms with Gasteiger partial charge in [0.15, 0.2) is 6.61 Å². The van der Waals surface area contributed by atoms with Crippen molar-refractivity contribution in [2.75, 3.05) is 18.5 Å². The Kier molecular flexibility index (Phi) is 5.59. The highest BCUT2D eigenvalue weighted by Crippen LogP contribution is 2.20. The third-order valence-corrected chi connectivity index (χ3v) is 4.16. The molecule has 8 nitrogen and oxygen atoms in total. The Morgan fingerprint density at radius 1 is 1.35 bits per heavy atom. The first-order valence-electron chi connectivity index (χ1n) is 8.02. The van der Waals surface area contributed by atoms with Crippen LogP contribution in [0.15, 0.2) is 18.2 Å². The zero-order valence-electron chi connectivity index (χ0n) is 14.7. The van der Waals surface area contributed by atoms with E-state index in [2.05, 4.69) is 10.6 Å². The van der Waals surface area contributed by atoms with Crippen LogP contribution in [0.3, 0.4) is 0 Å². The fraction of sp³-hybridized carbons (Fsp3) is 0.412. The van der Waals surface area contributed by atoms with Gasteiger partial charge in [0.1, 0.15) is 17.9 Å². The number of halogens is 1. The monoisotopic (exact) mass is 365 g/mol. The van der Waals surface area contributed by atoms with Crippen molar-refractivity contribution in [3.8, 4) is 0 Å². The van der Waals surface area contributed by atoms with Gasteiger partial charge in [0.05, 0.1) is 0 Å². The van der Waals surface area contributed by atoms with Crippen molar-refractivity contribution in [3.63, 3.8) is 0 Å². The number of imide groups is 1. The molecule has 1 aliphatic rings. The van der Waals surface area contributed by atoms with E-state index in [0.29, 0.717) is 12.0 Å². The number of esters is 1. The minimum atomic E-state index is -1.05. The average Bonchev–Trinajstić information content (AvgIpc) is 2.80. The molecular weight excluding hydrogens is 345 g/mol. The second kappa shape index (κ2) is 7.51. The summed E-state index contributed by atoms with van der Waals surface area (Å²) < 4.78 is 18.2. The van der Waals surface area contributed by atoms with Gasteiger partial charge in [-0.05, 0) is 38.0 Å². The maximum absolute atomic E-state index is 13.4. The molecule has 1 aliphatic heterocycles. The van der Waals surface area contributed by atoms with Crippen LogP contribution in [0.5, 0.6) is 0 Å². The number of carbonyl (C=O) groups is 4. The summed E-state index contributed by atoms with van der Waals surface area (Å²) in [6, 6.07) is 3.47. The number of nitrogens with zero attached hydrogens (tertiary/aromatic N) is 1. The second-order valence-corrected chi connectivity index (χ2v) is 6.18. The van der Waals surface area contributed by atoms with E-state index < -0.39 is 48.3 Å². The lowest BCUT2D eigenvalue weighted by molar-refractivity contribution is -0.150. The van der Waals surface area contributed by atoms with Crippen LogP contribution < -0.4 is 10.6 Å². The van der Waals surface area contributed by atoms with Crippen LogP contribution in [-0.4, -0.2) is 47.4 Å². The average molecular weight is 365 g/mol. The standard InChI is InChI=1S/C17H20FN3O5/c1-4-17(3)15(24)21(16(25)20-17)8-14(23)26-9-13(22)19-11-6-5-10(2)12(18)7-11/h5-7H,4,8-9H2,1-3H3,(H,19,22)(H,20,25)/t17-/m1/s1. The zero-order valence-corrected chi connectivity index (χ0v) is 14.7. The highest BCUT2D eigenvalue weighted by molar-refractivity contribution is 6.08. The molecule has 0 aromatic heterocycles. The Labute approximate surface area is 149 Å². The van der Waals surface area contributed by atoms with E-state index in [-0.39, 0.29) is 5.69 Å². The summed E-state index contributed by atoms with van der Waals surface area (Å²) in [6.45, 7) is 3.67.